The van der Waals surface area contributed by atoms with Gasteiger partial charge in [-0.3, -0.25) is 5.32 Å². The molecule has 1 saturated carbocycles. The van der Waals surface area contributed by atoms with Crippen molar-refractivity contribution in [3.63, 3.8) is 0 Å². The van der Waals surface area contributed by atoms with E-state index in [0.29, 0.717) is 22.9 Å². The van der Waals surface area contributed by atoms with Crippen LogP contribution in [0.2, 0.25) is 0 Å². The number of fused-ring (bicyclic) bond motifs is 1. The Labute approximate surface area is 174 Å². The van der Waals surface area contributed by atoms with E-state index in [0.717, 1.165) is 28.7 Å². The predicted octanol–water partition coefficient (Wildman–Crippen LogP) is 4.80. The number of nitrogens with one attached hydrogen (secondary N) is 1. The Hall–Kier alpha value is -3.50. The minimum atomic E-state index is -0.493. The van der Waals surface area contributed by atoms with Crippen molar-refractivity contribution in [2.24, 2.45) is 11.8 Å². The highest BCUT2D eigenvalue weighted by Crippen LogP contribution is 2.39. The Bertz CT molecular complexity index is 1120. The van der Waals surface area contributed by atoms with Crippen molar-refractivity contribution in [2.75, 3.05) is 5.32 Å². The molecule has 30 heavy (non-hydrogen) atoms. The van der Waals surface area contributed by atoms with E-state index in [2.05, 4.69) is 16.0 Å². The lowest BCUT2D eigenvalue weighted by atomic mass is 10.1. The van der Waals surface area contributed by atoms with Gasteiger partial charge in [0.15, 0.2) is 0 Å². The number of benzene rings is 2. The molecule has 1 fully saturated rings. The highest BCUT2D eigenvalue weighted by molar-refractivity contribution is 5.95. The SMILES string of the molecule is CC(C)OC(=O)Nc1ccc(-c2c(C#N)c3ccc(ON)cc3n2CC2CC2)cc1. The summed E-state index contributed by atoms with van der Waals surface area (Å²) in [5, 5.41) is 13.5. The number of rotatable bonds is 6. The first-order valence-electron chi connectivity index (χ1n) is 10.0. The topological polar surface area (TPSA) is 102 Å². The molecule has 0 saturated heterocycles. The lowest BCUT2D eigenvalue weighted by molar-refractivity contribution is 0.130. The predicted molar refractivity (Wildman–Crippen MR) is 115 cm³/mol. The summed E-state index contributed by atoms with van der Waals surface area (Å²) >= 11 is 0. The first-order chi connectivity index (χ1) is 14.5. The molecule has 0 aliphatic heterocycles. The molecule has 1 aliphatic carbocycles. The maximum Gasteiger partial charge on any atom is 0.411 e. The number of carbonyl (C=O) groups excluding carboxylic acids is 1. The third-order valence-electron chi connectivity index (χ3n) is 5.17. The number of nitrogens with two attached hydrogens (primary N) is 1. The van der Waals surface area contributed by atoms with Crippen LogP contribution in [0.15, 0.2) is 42.5 Å². The molecule has 1 aromatic heterocycles. The van der Waals surface area contributed by atoms with Crippen LogP contribution in [0.25, 0.3) is 22.2 Å². The van der Waals surface area contributed by atoms with Gasteiger partial charge in [0.2, 0.25) is 0 Å². The minimum Gasteiger partial charge on any atom is -0.447 e. The molecule has 2 aromatic carbocycles. The molecular weight excluding hydrogens is 380 g/mol. The molecule has 4 rings (SSSR count). The molecule has 0 unspecified atom stereocenters. The van der Waals surface area contributed by atoms with Crippen molar-refractivity contribution in [3.8, 4) is 23.1 Å². The zero-order valence-corrected chi connectivity index (χ0v) is 17.0. The Morgan fingerprint density at radius 3 is 2.60 bits per heavy atom. The van der Waals surface area contributed by atoms with Crippen LogP contribution >= 0.6 is 0 Å². The fourth-order valence-electron chi connectivity index (χ4n) is 3.64. The number of hydrogen-bond acceptors (Lipinski definition) is 5. The van der Waals surface area contributed by atoms with E-state index in [1.807, 2.05) is 36.4 Å². The molecule has 154 valence electrons. The van der Waals surface area contributed by atoms with Crippen LogP contribution in [0, 0.1) is 17.2 Å². The van der Waals surface area contributed by atoms with Crippen LogP contribution in [0.3, 0.4) is 0 Å². The van der Waals surface area contributed by atoms with Crippen molar-refractivity contribution in [1.82, 2.24) is 4.57 Å². The molecule has 3 aromatic rings. The van der Waals surface area contributed by atoms with Gasteiger partial charge in [-0.2, -0.15) is 11.2 Å². The average molecular weight is 404 g/mol. The first-order valence-corrected chi connectivity index (χ1v) is 10.0. The summed E-state index contributed by atoms with van der Waals surface area (Å²) in [5.74, 6) is 6.52. The summed E-state index contributed by atoms with van der Waals surface area (Å²) in [6.45, 7) is 4.43. The highest BCUT2D eigenvalue weighted by Gasteiger charge is 2.26. The van der Waals surface area contributed by atoms with Gasteiger partial charge in [0.05, 0.1) is 22.9 Å². The van der Waals surface area contributed by atoms with Gasteiger partial charge in [0.1, 0.15) is 11.8 Å². The molecule has 1 heterocycles. The van der Waals surface area contributed by atoms with Crippen LogP contribution in [-0.4, -0.2) is 16.8 Å². The van der Waals surface area contributed by atoms with Gasteiger partial charge in [-0.25, -0.2) is 4.79 Å². The second-order valence-electron chi connectivity index (χ2n) is 7.84. The minimum absolute atomic E-state index is 0.192. The summed E-state index contributed by atoms with van der Waals surface area (Å²) < 4.78 is 7.30. The lowest BCUT2D eigenvalue weighted by Gasteiger charge is -2.13. The van der Waals surface area contributed by atoms with Crippen molar-refractivity contribution in [2.45, 2.75) is 39.3 Å². The van der Waals surface area contributed by atoms with E-state index in [-0.39, 0.29) is 6.10 Å². The van der Waals surface area contributed by atoms with Crippen molar-refractivity contribution in [3.05, 3.63) is 48.0 Å². The fraction of sp³-hybridized carbons (Fsp3) is 0.304. The second kappa shape index (κ2) is 8.09. The van der Waals surface area contributed by atoms with Crippen LogP contribution in [0.1, 0.15) is 32.3 Å². The monoisotopic (exact) mass is 404 g/mol. The summed E-state index contributed by atoms with van der Waals surface area (Å²) in [6.07, 6.45) is 1.69. The first kappa shape index (κ1) is 19.8. The number of hydrogen-bond donors (Lipinski definition) is 2. The second-order valence-corrected chi connectivity index (χ2v) is 7.84. The zero-order valence-electron chi connectivity index (χ0n) is 17.0. The van der Waals surface area contributed by atoms with Crippen LogP contribution in [-0.2, 0) is 11.3 Å². The van der Waals surface area contributed by atoms with Crippen LogP contribution in [0.5, 0.6) is 5.75 Å². The fourth-order valence-corrected chi connectivity index (χ4v) is 3.64. The van der Waals surface area contributed by atoms with Gasteiger partial charge in [-0.1, -0.05) is 12.1 Å². The molecule has 0 radical (unpaired) electrons. The van der Waals surface area contributed by atoms with E-state index in [9.17, 15) is 10.1 Å². The summed E-state index contributed by atoms with van der Waals surface area (Å²) in [6, 6.07) is 15.3. The van der Waals surface area contributed by atoms with Crippen LogP contribution in [0.4, 0.5) is 10.5 Å². The van der Waals surface area contributed by atoms with Crippen molar-refractivity contribution >= 4 is 22.7 Å². The third-order valence-corrected chi connectivity index (χ3v) is 5.17. The normalized spacial score (nSPS) is 13.3. The summed E-state index contributed by atoms with van der Waals surface area (Å²) in [5.41, 5.74) is 3.95. The number of nitrogens with zero attached hydrogens (tertiary/aromatic N) is 2. The number of aromatic nitrogens is 1. The van der Waals surface area contributed by atoms with Gasteiger partial charge in [-0.15, -0.1) is 0 Å². The van der Waals surface area contributed by atoms with Gasteiger partial charge in [0, 0.05) is 23.7 Å². The van der Waals surface area contributed by atoms with E-state index < -0.39 is 6.09 Å². The summed E-state index contributed by atoms with van der Waals surface area (Å²) in [4.78, 5) is 16.8. The molecule has 7 heteroatoms. The molecular formula is C23H24N4O3. The van der Waals surface area contributed by atoms with E-state index >= 15 is 0 Å². The van der Waals surface area contributed by atoms with Gasteiger partial charge < -0.3 is 14.1 Å². The number of anilines is 1. The Morgan fingerprint density at radius 1 is 1.27 bits per heavy atom. The lowest BCUT2D eigenvalue weighted by Crippen LogP contribution is -2.17. The highest BCUT2D eigenvalue weighted by atomic mass is 16.6. The van der Waals surface area contributed by atoms with Crippen LogP contribution < -0.4 is 16.1 Å². The van der Waals surface area contributed by atoms with Crippen molar-refractivity contribution in [1.29, 1.82) is 5.26 Å². The van der Waals surface area contributed by atoms with E-state index in [1.165, 1.54) is 12.8 Å². The van der Waals surface area contributed by atoms with E-state index in [1.54, 1.807) is 19.9 Å². The largest absolute Gasteiger partial charge is 0.447 e. The van der Waals surface area contributed by atoms with E-state index in [4.69, 9.17) is 15.5 Å². The smallest absolute Gasteiger partial charge is 0.411 e. The maximum absolute atomic E-state index is 11.8. The molecule has 0 bridgehead atoms. The summed E-state index contributed by atoms with van der Waals surface area (Å²) in [7, 11) is 0. The number of carbonyl (C=O) groups is 1. The molecule has 3 N–H and O–H groups in total. The van der Waals surface area contributed by atoms with Gasteiger partial charge >= 0.3 is 6.09 Å². The molecule has 7 nitrogen and oxygen atoms in total. The molecule has 0 spiro atoms. The molecule has 1 aliphatic rings. The zero-order chi connectivity index (χ0) is 21.3. The number of ether oxygens (including phenoxy) is 1. The maximum atomic E-state index is 11.8. The number of amides is 1. The quantitative estimate of drug-likeness (QED) is 0.575. The Kier molecular flexibility index (Phi) is 5.34. The third kappa shape index (κ3) is 3.95. The molecule has 1 amide bonds. The van der Waals surface area contributed by atoms with Crippen molar-refractivity contribution < 1.29 is 14.4 Å². The number of nitriles is 1. The Morgan fingerprint density at radius 2 is 2.00 bits per heavy atom. The average Bonchev–Trinajstić information content (AvgIpc) is 3.49. The van der Waals surface area contributed by atoms with Gasteiger partial charge in [0.25, 0.3) is 0 Å². The van der Waals surface area contributed by atoms with Gasteiger partial charge in [-0.05, 0) is 62.4 Å². The standard InChI is InChI=1S/C23H24N4O3/c1-14(2)29-23(28)26-17-7-5-16(6-8-17)22-20(12-24)19-10-9-18(30-25)11-21(19)27(22)13-15-3-4-15/h5-11,14-15H,3-4,13,25H2,1-2H3,(H,26,28). The Balaban J connectivity index is 1.75. The molecule has 0 atom stereocenters.